The Kier molecular flexibility index (Phi) is 6.18. The minimum absolute atomic E-state index is 0.0307. The van der Waals surface area contributed by atoms with Crippen molar-refractivity contribution in [2.75, 3.05) is 44.6 Å². The molecule has 2 fully saturated rings. The van der Waals surface area contributed by atoms with Crippen molar-refractivity contribution in [2.24, 2.45) is 0 Å². The maximum absolute atomic E-state index is 12.5. The summed E-state index contributed by atoms with van der Waals surface area (Å²) in [5.41, 5.74) is 1.08. The number of amides is 1. The fourth-order valence-corrected chi connectivity index (χ4v) is 3.68. The molecule has 4 rings (SSSR count). The van der Waals surface area contributed by atoms with Crippen molar-refractivity contribution in [1.82, 2.24) is 19.8 Å². The van der Waals surface area contributed by atoms with Crippen LogP contribution in [-0.2, 0) is 11.3 Å². The average Bonchev–Trinajstić information content (AvgIpc) is 3.39. The zero-order valence-electron chi connectivity index (χ0n) is 16.0. The van der Waals surface area contributed by atoms with Crippen LogP contribution in [0.5, 0.6) is 0 Å². The van der Waals surface area contributed by atoms with Gasteiger partial charge in [-0.05, 0) is 31.4 Å². The molecule has 1 N–H and O–H groups in total. The van der Waals surface area contributed by atoms with E-state index in [1.165, 1.54) is 6.26 Å². The fourth-order valence-electron chi connectivity index (χ4n) is 3.68. The first-order valence-corrected chi connectivity index (χ1v) is 9.99. The van der Waals surface area contributed by atoms with Gasteiger partial charge >= 0.3 is 0 Å². The summed E-state index contributed by atoms with van der Waals surface area (Å²) in [6.45, 7) is 5.61. The van der Waals surface area contributed by atoms with E-state index in [9.17, 15) is 4.79 Å². The van der Waals surface area contributed by atoms with E-state index >= 15 is 0 Å². The van der Waals surface area contributed by atoms with Crippen LogP contribution in [0.25, 0.3) is 0 Å². The Morgan fingerprint density at radius 3 is 2.82 bits per heavy atom. The van der Waals surface area contributed by atoms with Gasteiger partial charge in [0.05, 0.1) is 12.4 Å². The number of rotatable bonds is 6. The summed E-state index contributed by atoms with van der Waals surface area (Å²) in [6, 6.07) is 3.47. The first-order chi connectivity index (χ1) is 13.8. The monoisotopic (exact) mass is 385 g/mol. The molecule has 0 aliphatic carbocycles. The normalized spacial score (nSPS) is 20.9. The highest BCUT2D eigenvalue weighted by Crippen LogP contribution is 2.14. The van der Waals surface area contributed by atoms with Crippen molar-refractivity contribution in [3.63, 3.8) is 0 Å². The highest BCUT2D eigenvalue weighted by Gasteiger charge is 2.22. The quantitative estimate of drug-likeness (QED) is 0.814. The van der Waals surface area contributed by atoms with Gasteiger partial charge in [0.1, 0.15) is 0 Å². The molecule has 0 spiro atoms. The predicted molar refractivity (Wildman–Crippen MR) is 104 cm³/mol. The topological polar surface area (TPSA) is 83.7 Å². The van der Waals surface area contributed by atoms with Crippen molar-refractivity contribution >= 4 is 11.9 Å². The van der Waals surface area contributed by atoms with Crippen LogP contribution in [0.1, 0.15) is 35.4 Å². The molecular weight excluding hydrogens is 358 g/mol. The lowest BCUT2D eigenvalue weighted by Crippen LogP contribution is -2.34. The van der Waals surface area contributed by atoms with E-state index in [-0.39, 0.29) is 12.0 Å². The number of carbonyl (C=O) groups is 1. The van der Waals surface area contributed by atoms with Crippen molar-refractivity contribution in [2.45, 2.75) is 31.9 Å². The Morgan fingerprint density at radius 1 is 1.18 bits per heavy atom. The number of hydrogen-bond donors (Lipinski definition) is 1. The van der Waals surface area contributed by atoms with Gasteiger partial charge < -0.3 is 19.4 Å². The summed E-state index contributed by atoms with van der Waals surface area (Å²) in [4.78, 5) is 25.5. The molecule has 2 aliphatic rings. The second-order valence-corrected chi connectivity index (χ2v) is 7.33. The number of ether oxygens (including phenoxy) is 1. The van der Waals surface area contributed by atoms with Crippen molar-refractivity contribution in [1.29, 1.82) is 0 Å². The van der Waals surface area contributed by atoms with Crippen LogP contribution in [0.3, 0.4) is 0 Å². The third-order valence-electron chi connectivity index (χ3n) is 5.23. The summed E-state index contributed by atoms with van der Waals surface area (Å²) in [5.74, 6) is 1.02. The standard InChI is InChI=1S/C20H27N5O3/c26-19(18-5-2-11-28-18)25-7-3-6-24(8-9-25)15-16-12-21-20(22-13-16)23-14-17-4-1-10-27-17/h2,5,11-13,17H,1,3-4,6-10,14-15H2,(H,21,22,23). The van der Waals surface area contributed by atoms with E-state index < -0.39 is 0 Å². The van der Waals surface area contributed by atoms with Gasteiger partial charge in [-0.2, -0.15) is 0 Å². The molecule has 8 nitrogen and oxygen atoms in total. The van der Waals surface area contributed by atoms with E-state index in [2.05, 4.69) is 20.2 Å². The lowest BCUT2D eigenvalue weighted by atomic mass is 10.2. The van der Waals surface area contributed by atoms with Crippen LogP contribution in [0.2, 0.25) is 0 Å². The Balaban J connectivity index is 1.25. The van der Waals surface area contributed by atoms with Crippen molar-refractivity contribution < 1.29 is 13.9 Å². The molecule has 0 radical (unpaired) electrons. The summed E-state index contributed by atoms with van der Waals surface area (Å²) >= 11 is 0. The molecule has 1 amide bonds. The molecule has 2 aromatic rings. The highest BCUT2D eigenvalue weighted by molar-refractivity contribution is 5.91. The molecule has 1 unspecified atom stereocenters. The second kappa shape index (κ2) is 9.16. The minimum atomic E-state index is -0.0307. The highest BCUT2D eigenvalue weighted by atomic mass is 16.5. The molecule has 0 bridgehead atoms. The van der Waals surface area contributed by atoms with Crippen LogP contribution in [0, 0.1) is 0 Å². The molecule has 1 atom stereocenters. The van der Waals surface area contributed by atoms with Crippen molar-refractivity contribution in [3.8, 4) is 0 Å². The van der Waals surface area contributed by atoms with E-state index in [1.807, 2.05) is 17.3 Å². The van der Waals surface area contributed by atoms with Crippen LogP contribution in [0.15, 0.2) is 35.2 Å². The first-order valence-electron chi connectivity index (χ1n) is 9.99. The number of furan rings is 1. The summed E-state index contributed by atoms with van der Waals surface area (Å²) < 4.78 is 10.8. The minimum Gasteiger partial charge on any atom is -0.459 e. The summed E-state index contributed by atoms with van der Waals surface area (Å²) in [6.07, 6.45) is 8.73. The van der Waals surface area contributed by atoms with E-state index in [0.717, 1.165) is 64.2 Å². The van der Waals surface area contributed by atoms with Gasteiger partial charge in [0.25, 0.3) is 5.91 Å². The molecule has 150 valence electrons. The molecule has 0 saturated carbocycles. The van der Waals surface area contributed by atoms with Crippen LogP contribution < -0.4 is 5.32 Å². The van der Waals surface area contributed by atoms with Crippen LogP contribution in [0.4, 0.5) is 5.95 Å². The predicted octanol–water partition coefficient (Wildman–Crippen LogP) is 2.01. The Bertz CT molecular complexity index is 744. The number of hydrogen-bond acceptors (Lipinski definition) is 7. The number of nitrogens with one attached hydrogen (secondary N) is 1. The summed E-state index contributed by atoms with van der Waals surface area (Å²) in [7, 11) is 0. The molecule has 4 heterocycles. The second-order valence-electron chi connectivity index (χ2n) is 7.33. The number of aromatic nitrogens is 2. The average molecular weight is 385 g/mol. The zero-order valence-corrected chi connectivity index (χ0v) is 16.0. The molecule has 2 saturated heterocycles. The molecule has 0 aromatic carbocycles. The van der Waals surface area contributed by atoms with Gasteiger partial charge in [0.15, 0.2) is 5.76 Å². The van der Waals surface area contributed by atoms with E-state index in [1.54, 1.807) is 12.1 Å². The van der Waals surface area contributed by atoms with Crippen molar-refractivity contribution in [3.05, 3.63) is 42.1 Å². The zero-order chi connectivity index (χ0) is 19.2. The SMILES string of the molecule is O=C(c1ccco1)N1CCCN(Cc2cnc(NCC3CCCO3)nc2)CC1. The lowest BCUT2D eigenvalue weighted by Gasteiger charge is -2.21. The smallest absolute Gasteiger partial charge is 0.289 e. The Hall–Kier alpha value is -2.45. The number of nitrogens with zero attached hydrogens (tertiary/aromatic N) is 4. The third kappa shape index (κ3) is 4.88. The Labute approximate surface area is 164 Å². The lowest BCUT2D eigenvalue weighted by molar-refractivity contribution is 0.0729. The molecule has 2 aliphatic heterocycles. The van der Waals surface area contributed by atoms with Crippen LogP contribution >= 0.6 is 0 Å². The van der Waals surface area contributed by atoms with Gasteiger partial charge in [-0.15, -0.1) is 0 Å². The number of anilines is 1. The van der Waals surface area contributed by atoms with E-state index in [0.29, 0.717) is 18.3 Å². The maximum atomic E-state index is 12.5. The molecule has 2 aromatic heterocycles. The van der Waals surface area contributed by atoms with Gasteiger partial charge in [0, 0.05) is 63.8 Å². The van der Waals surface area contributed by atoms with Crippen LogP contribution in [-0.4, -0.2) is 71.1 Å². The largest absolute Gasteiger partial charge is 0.459 e. The van der Waals surface area contributed by atoms with E-state index in [4.69, 9.17) is 9.15 Å². The van der Waals surface area contributed by atoms with Gasteiger partial charge in [0.2, 0.25) is 5.95 Å². The van der Waals surface area contributed by atoms with Gasteiger partial charge in [-0.25, -0.2) is 9.97 Å². The maximum Gasteiger partial charge on any atom is 0.289 e. The first kappa shape index (κ1) is 18.9. The molecule has 28 heavy (non-hydrogen) atoms. The summed E-state index contributed by atoms with van der Waals surface area (Å²) in [5, 5.41) is 3.25. The third-order valence-corrected chi connectivity index (χ3v) is 5.23. The number of carbonyl (C=O) groups excluding carboxylic acids is 1. The van der Waals surface area contributed by atoms with Gasteiger partial charge in [-0.3, -0.25) is 9.69 Å². The fraction of sp³-hybridized carbons (Fsp3) is 0.550. The molecular formula is C20H27N5O3. The Morgan fingerprint density at radius 2 is 2.07 bits per heavy atom. The van der Waals surface area contributed by atoms with Gasteiger partial charge in [-0.1, -0.05) is 0 Å². The molecule has 8 heteroatoms.